The van der Waals surface area contributed by atoms with Crippen molar-refractivity contribution in [2.24, 2.45) is 7.05 Å². The van der Waals surface area contributed by atoms with E-state index >= 15 is 0 Å². The lowest BCUT2D eigenvalue weighted by molar-refractivity contribution is 0.902. The summed E-state index contributed by atoms with van der Waals surface area (Å²) in [4.78, 5) is 0. The summed E-state index contributed by atoms with van der Waals surface area (Å²) in [5.41, 5.74) is 1.07. The fourth-order valence-electron chi connectivity index (χ4n) is 1.20. The molecular weight excluding hydrogens is 309 g/mol. The first kappa shape index (κ1) is 9.85. The molecule has 2 aromatic rings. The average Bonchev–Trinajstić information content (AvgIpc) is 2.50. The van der Waals surface area contributed by atoms with Gasteiger partial charge in [0, 0.05) is 16.2 Å². The van der Waals surface area contributed by atoms with E-state index < -0.39 is 0 Å². The van der Waals surface area contributed by atoms with Crippen LogP contribution in [-0.2, 0) is 7.05 Å². The number of hydrogen-bond acceptors (Lipinski definition) is 2. The third kappa shape index (κ3) is 1.74. The van der Waals surface area contributed by atoms with Crippen LogP contribution in [0.15, 0.2) is 24.3 Å². The van der Waals surface area contributed by atoms with Crippen LogP contribution in [0.3, 0.4) is 0 Å². The Labute approximate surface area is 100 Å². The number of rotatable bonds is 1. The Kier molecular flexibility index (Phi) is 2.69. The van der Waals surface area contributed by atoms with Gasteiger partial charge in [-0.1, -0.05) is 12.1 Å². The van der Waals surface area contributed by atoms with Crippen molar-refractivity contribution in [3.05, 3.63) is 32.6 Å². The lowest BCUT2D eigenvalue weighted by Gasteiger charge is -1.99. The van der Waals surface area contributed by atoms with E-state index in [2.05, 4.69) is 32.8 Å². The van der Waals surface area contributed by atoms with Crippen LogP contribution in [0.5, 0.6) is 0 Å². The van der Waals surface area contributed by atoms with E-state index in [0.29, 0.717) is 4.77 Å². The first-order chi connectivity index (χ1) is 6.68. The number of halogens is 1. The molecule has 0 aliphatic rings. The van der Waals surface area contributed by atoms with Gasteiger partial charge >= 0.3 is 0 Å². The molecule has 2 rings (SSSR count). The van der Waals surface area contributed by atoms with Crippen LogP contribution in [0.1, 0.15) is 0 Å². The molecule has 5 heteroatoms. The predicted molar refractivity (Wildman–Crippen MR) is 66.5 cm³/mol. The standard InChI is InChI=1S/C9H8IN3S/c1-13-8(11-12-9(13)14)6-2-4-7(10)5-3-6/h2-5H,1H3,(H,12,14). The second-order valence-corrected chi connectivity index (χ2v) is 4.55. The van der Waals surface area contributed by atoms with Crippen molar-refractivity contribution in [3.8, 4) is 11.4 Å². The molecule has 14 heavy (non-hydrogen) atoms. The summed E-state index contributed by atoms with van der Waals surface area (Å²) in [5.74, 6) is 0.867. The molecule has 0 unspecified atom stereocenters. The number of nitrogens with one attached hydrogen (secondary N) is 1. The van der Waals surface area contributed by atoms with Crippen LogP contribution in [0.2, 0.25) is 0 Å². The van der Waals surface area contributed by atoms with Crippen molar-refractivity contribution in [1.29, 1.82) is 0 Å². The molecule has 0 fully saturated rings. The highest BCUT2D eigenvalue weighted by Crippen LogP contribution is 2.17. The Balaban J connectivity index is 2.55. The second kappa shape index (κ2) is 3.82. The largest absolute Gasteiger partial charge is 0.303 e. The number of aromatic amines is 1. The smallest absolute Gasteiger partial charge is 0.195 e. The molecule has 0 aliphatic heterocycles. The molecule has 3 nitrogen and oxygen atoms in total. The first-order valence-electron chi connectivity index (χ1n) is 4.06. The molecule has 1 aromatic carbocycles. The van der Waals surface area contributed by atoms with Gasteiger partial charge in [-0.2, -0.15) is 5.10 Å². The van der Waals surface area contributed by atoms with Gasteiger partial charge in [0.15, 0.2) is 10.6 Å². The van der Waals surface area contributed by atoms with E-state index in [4.69, 9.17) is 12.2 Å². The maximum atomic E-state index is 5.04. The molecule has 0 spiro atoms. The van der Waals surface area contributed by atoms with Gasteiger partial charge in [0.1, 0.15) is 0 Å². The zero-order chi connectivity index (χ0) is 10.1. The van der Waals surface area contributed by atoms with Gasteiger partial charge in [0.05, 0.1) is 0 Å². The maximum Gasteiger partial charge on any atom is 0.195 e. The predicted octanol–water partition coefficient (Wildman–Crippen LogP) is 2.75. The molecule has 0 bridgehead atoms. The van der Waals surface area contributed by atoms with Crippen molar-refractivity contribution in [2.75, 3.05) is 0 Å². The highest BCUT2D eigenvalue weighted by molar-refractivity contribution is 14.1. The fraction of sp³-hybridized carbons (Fsp3) is 0.111. The normalized spacial score (nSPS) is 10.4. The topological polar surface area (TPSA) is 33.6 Å². The Morgan fingerprint density at radius 1 is 1.36 bits per heavy atom. The third-order valence-corrected chi connectivity index (χ3v) is 3.07. The van der Waals surface area contributed by atoms with Crippen LogP contribution >= 0.6 is 34.8 Å². The maximum absolute atomic E-state index is 5.04. The van der Waals surface area contributed by atoms with Crippen molar-refractivity contribution in [1.82, 2.24) is 14.8 Å². The van der Waals surface area contributed by atoms with Gasteiger partial charge in [0.25, 0.3) is 0 Å². The van der Waals surface area contributed by atoms with Gasteiger partial charge in [-0.05, 0) is 46.9 Å². The number of benzene rings is 1. The number of nitrogens with zero attached hydrogens (tertiary/aromatic N) is 2. The second-order valence-electron chi connectivity index (χ2n) is 2.92. The molecule has 72 valence electrons. The Morgan fingerprint density at radius 3 is 2.50 bits per heavy atom. The summed E-state index contributed by atoms with van der Waals surface area (Å²) < 4.78 is 3.71. The van der Waals surface area contributed by atoms with Gasteiger partial charge < -0.3 is 4.57 Å². The minimum absolute atomic E-state index is 0.638. The van der Waals surface area contributed by atoms with Gasteiger partial charge in [-0.25, -0.2) is 0 Å². The number of aromatic nitrogens is 3. The van der Waals surface area contributed by atoms with Crippen LogP contribution in [0, 0.1) is 8.34 Å². The fourth-order valence-corrected chi connectivity index (χ4v) is 1.70. The van der Waals surface area contributed by atoms with Crippen LogP contribution in [0.25, 0.3) is 11.4 Å². The van der Waals surface area contributed by atoms with E-state index in [0.717, 1.165) is 11.4 Å². The molecule has 0 saturated heterocycles. The summed E-state index contributed by atoms with van der Waals surface area (Å²) in [6, 6.07) is 8.17. The van der Waals surface area contributed by atoms with Crippen molar-refractivity contribution in [3.63, 3.8) is 0 Å². The lowest BCUT2D eigenvalue weighted by Crippen LogP contribution is -1.92. The number of H-pyrrole nitrogens is 1. The minimum atomic E-state index is 0.638. The van der Waals surface area contributed by atoms with Crippen molar-refractivity contribution >= 4 is 34.8 Å². The third-order valence-electron chi connectivity index (χ3n) is 1.98. The van der Waals surface area contributed by atoms with Crippen LogP contribution in [-0.4, -0.2) is 14.8 Å². The summed E-state index contributed by atoms with van der Waals surface area (Å²) in [6.45, 7) is 0. The quantitative estimate of drug-likeness (QED) is 0.648. The Bertz CT molecular complexity index is 498. The highest BCUT2D eigenvalue weighted by Gasteiger charge is 2.04. The van der Waals surface area contributed by atoms with Crippen molar-refractivity contribution < 1.29 is 0 Å². The lowest BCUT2D eigenvalue weighted by atomic mass is 10.2. The van der Waals surface area contributed by atoms with E-state index in [1.54, 1.807) is 0 Å². The molecule has 1 N–H and O–H groups in total. The van der Waals surface area contributed by atoms with Crippen LogP contribution in [0.4, 0.5) is 0 Å². The zero-order valence-electron chi connectivity index (χ0n) is 7.49. The Hall–Kier alpha value is -0.690. The molecular formula is C9H8IN3S. The SMILES string of the molecule is Cn1c(-c2ccc(I)cc2)n[nH]c1=S. The van der Waals surface area contributed by atoms with E-state index in [1.807, 2.05) is 35.9 Å². The molecule has 0 saturated carbocycles. The summed E-state index contributed by atoms with van der Waals surface area (Å²) in [7, 11) is 1.90. The van der Waals surface area contributed by atoms with E-state index in [1.165, 1.54) is 3.57 Å². The number of hydrogen-bond donors (Lipinski definition) is 1. The minimum Gasteiger partial charge on any atom is -0.303 e. The van der Waals surface area contributed by atoms with Gasteiger partial charge in [-0.15, -0.1) is 0 Å². The van der Waals surface area contributed by atoms with Crippen molar-refractivity contribution in [2.45, 2.75) is 0 Å². The molecule has 0 radical (unpaired) electrons. The first-order valence-corrected chi connectivity index (χ1v) is 5.54. The summed E-state index contributed by atoms with van der Waals surface area (Å²) in [5, 5.41) is 6.92. The van der Waals surface area contributed by atoms with Gasteiger partial charge in [-0.3, -0.25) is 5.10 Å². The molecule has 0 amide bonds. The summed E-state index contributed by atoms with van der Waals surface area (Å²) >= 11 is 7.32. The highest BCUT2D eigenvalue weighted by atomic mass is 127. The van der Waals surface area contributed by atoms with Gasteiger partial charge in [0.2, 0.25) is 0 Å². The van der Waals surface area contributed by atoms with E-state index in [9.17, 15) is 0 Å². The Morgan fingerprint density at radius 2 is 2.00 bits per heavy atom. The summed E-state index contributed by atoms with van der Waals surface area (Å²) in [6.07, 6.45) is 0. The van der Waals surface area contributed by atoms with E-state index in [-0.39, 0.29) is 0 Å². The monoisotopic (exact) mass is 317 g/mol. The molecule has 1 heterocycles. The average molecular weight is 317 g/mol. The molecule has 1 aromatic heterocycles. The molecule has 0 atom stereocenters. The van der Waals surface area contributed by atoms with Crippen LogP contribution < -0.4 is 0 Å². The molecule has 0 aliphatic carbocycles. The zero-order valence-corrected chi connectivity index (χ0v) is 10.5.